The normalized spacial score (nSPS) is 12.9. The molecule has 2 heterocycles. The SMILES string of the molecule is CCC(O)c1ccn(Cc2cc(Br)cs2)c1. The molecule has 0 aromatic carbocycles. The maximum Gasteiger partial charge on any atom is 0.0802 e. The van der Waals surface area contributed by atoms with Gasteiger partial charge >= 0.3 is 0 Å². The molecule has 1 atom stereocenters. The van der Waals surface area contributed by atoms with Crippen molar-refractivity contribution in [1.29, 1.82) is 0 Å². The molecule has 4 heteroatoms. The second kappa shape index (κ2) is 5.17. The van der Waals surface area contributed by atoms with Gasteiger partial charge in [0.1, 0.15) is 0 Å². The van der Waals surface area contributed by atoms with E-state index in [2.05, 4.69) is 31.9 Å². The molecule has 0 saturated carbocycles. The largest absolute Gasteiger partial charge is 0.388 e. The Morgan fingerprint density at radius 1 is 1.56 bits per heavy atom. The molecule has 0 aliphatic heterocycles. The van der Waals surface area contributed by atoms with Gasteiger partial charge in [0.2, 0.25) is 0 Å². The van der Waals surface area contributed by atoms with Gasteiger partial charge in [-0.1, -0.05) is 6.92 Å². The zero-order valence-electron chi connectivity index (χ0n) is 9.06. The highest BCUT2D eigenvalue weighted by molar-refractivity contribution is 9.10. The molecule has 16 heavy (non-hydrogen) atoms. The molecule has 0 fully saturated rings. The van der Waals surface area contributed by atoms with Gasteiger partial charge < -0.3 is 9.67 Å². The Balaban J connectivity index is 2.08. The minimum absolute atomic E-state index is 0.337. The van der Waals surface area contributed by atoms with Gasteiger partial charge in [-0.3, -0.25) is 0 Å². The van der Waals surface area contributed by atoms with Gasteiger partial charge in [-0.2, -0.15) is 0 Å². The fourth-order valence-corrected chi connectivity index (χ4v) is 3.07. The lowest BCUT2D eigenvalue weighted by atomic mass is 10.1. The van der Waals surface area contributed by atoms with Crippen LogP contribution in [0.3, 0.4) is 0 Å². The fourth-order valence-electron chi connectivity index (χ4n) is 1.61. The third kappa shape index (κ3) is 2.75. The van der Waals surface area contributed by atoms with Gasteiger partial charge in [0.25, 0.3) is 0 Å². The summed E-state index contributed by atoms with van der Waals surface area (Å²) >= 11 is 5.18. The summed E-state index contributed by atoms with van der Waals surface area (Å²) in [6.07, 6.45) is 4.45. The van der Waals surface area contributed by atoms with Gasteiger partial charge in [0.05, 0.1) is 12.6 Å². The first-order valence-electron chi connectivity index (χ1n) is 5.25. The number of hydrogen-bond acceptors (Lipinski definition) is 2. The predicted octanol–water partition coefficient (Wildman–Crippen LogP) is 3.80. The van der Waals surface area contributed by atoms with Crippen molar-refractivity contribution >= 4 is 27.3 Å². The minimum atomic E-state index is -0.337. The zero-order valence-corrected chi connectivity index (χ0v) is 11.5. The van der Waals surface area contributed by atoms with E-state index < -0.39 is 0 Å². The molecule has 2 rings (SSSR count). The summed E-state index contributed by atoms with van der Waals surface area (Å²) in [6, 6.07) is 4.11. The van der Waals surface area contributed by atoms with E-state index in [4.69, 9.17) is 0 Å². The van der Waals surface area contributed by atoms with Crippen molar-refractivity contribution in [1.82, 2.24) is 4.57 Å². The highest BCUT2D eigenvalue weighted by Crippen LogP contribution is 2.22. The third-order valence-electron chi connectivity index (χ3n) is 2.50. The number of aliphatic hydroxyl groups is 1. The first-order chi connectivity index (χ1) is 7.69. The van der Waals surface area contributed by atoms with E-state index in [1.807, 2.05) is 25.4 Å². The Hall–Kier alpha value is -0.580. The van der Waals surface area contributed by atoms with Crippen molar-refractivity contribution in [3.63, 3.8) is 0 Å². The van der Waals surface area contributed by atoms with Gasteiger partial charge in [-0.05, 0) is 40.0 Å². The minimum Gasteiger partial charge on any atom is -0.388 e. The van der Waals surface area contributed by atoms with Crippen LogP contribution in [0.1, 0.15) is 29.9 Å². The quantitative estimate of drug-likeness (QED) is 0.912. The summed E-state index contributed by atoms with van der Waals surface area (Å²) < 4.78 is 3.24. The molecule has 0 amide bonds. The molecule has 0 radical (unpaired) electrons. The van der Waals surface area contributed by atoms with E-state index in [0.29, 0.717) is 0 Å². The summed E-state index contributed by atoms with van der Waals surface area (Å²) in [4.78, 5) is 1.31. The average molecular weight is 300 g/mol. The Bertz CT molecular complexity index is 463. The number of aromatic nitrogens is 1. The number of hydrogen-bond donors (Lipinski definition) is 1. The molecule has 0 aliphatic rings. The molecular weight excluding hydrogens is 286 g/mol. The maximum absolute atomic E-state index is 9.69. The van der Waals surface area contributed by atoms with Crippen molar-refractivity contribution in [3.8, 4) is 0 Å². The first kappa shape index (κ1) is 11.9. The number of halogens is 1. The fraction of sp³-hybridized carbons (Fsp3) is 0.333. The summed E-state index contributed by atoms with van der Waals surface area (Å²) in [7, 11) is 0. The second-order valence-electron chi connectivity index (χ2n) is 3.77. The van der Waals surface area contributed by atoms with E-state index in [-0.39, 0.29) is 6.10 Å². The summed E-state index contributed by atoms with van der Waals surface area (Å²) in [5.74, 6) is 0. The van der Waals surface area contributed by atoms with Crippen molar-refractivity contribution in [2.24, 2.45) is 0 Å². The molecule has 1 N–H and O–H groups in total. The molecule has 0 aliphatic carbocycles. The third-order valence-corrected chi connectivity index (χ3v) is 4.19. The van der Waals surface area contributed by atoms with Crippen LogP contribution in [0.4, 0.5) is 0 Å². The van der Waals surface area contributed by atoms with Crippen molar-refractivity contribution < 1.29 is 5.11 Å². The molecule has 2 aromatic rings. The number of thiophene rings is 1. The number of rotatable bonds is 4. The van der Waals surface area contributed by atoms with Crippen LogP contribution >= 0.6 is 27.3 Å². The zero-order chi connectivity index (χ0) is 11.5. The lowest BCUT2D eigenvalue weighted by Gasteiger charge is -2.04. The molecule has 0 spiro atoms. The molecule has 2 nitrogen and oxygen atoms in total. The van der Waals surface area contributed by atoms with E-state index in [9.17, 15) is 5.11 Å². The van der Waals surface area contributed by atoms with Crippen LogP contribution in [0, 0.1) is 0 Å². The summed E-state index contributed by atoms with van der Waals surface area (Å²) in [6.45, 7) is 2.85. The monoisotopic (exact) mass is 299 g/mol. The smallest absolute Gasteiger partial charge is 0.0802 e. The summed E-state index contributed by atoms with van der Waals surface area (Å²) in [5.41, 5.74) is 0.998. The lowest BCUT2D eigenvalue weighted by Crippen LogP contribution is -1.96. The van der Waals surface area contributed by atoms with Crippen LogP contribution in [-0.4, -0.2) is 9.67 Å². The van der Waals surface area contributed by atoms with E-state index in [1.54, 1.807) is 11.3 Å². The average Bonchev–Trinajstić information content (AvgIpc) is 2.87. The Morgan fingerprint density at radius 2 is 2.38 bits per heavy atom. The molecule has 86 valence electrons. The van der Waals surface area contributed by atoms with Crippen molar-refractivity contribution in [3.05, 3.63) is 44.8 Å². The topological polar surface area (TPSA) is 25.2 Å². The number of nitrogens with zero attached hydrogens (tertiary/aromatic N) is 1. The highest BCUT2D eigenvalue weighted by Gasteiger charge is 2.06. The lowest BCUT2D eigenvalue weighted by molar-refractivity contribution is 0.173. The van der Waals surface area contributed by atoms with Gasteiger partial charge in [-0.25, -0.2) is 0 Å². The van der Waals surface area contributed by atoms with Crippen molar-refractivity contribution in [2.75, 3.05) is 0 Å². The van der Waals surface area contributed by atoms with Gasteiger partial charge in [0.15, 0.2) is 0 Å². The van der Waals surface area contributed by atoms with Gasteiger partial charge in [-0.15, -0.1) is 11.3 Å². The predicted molar refractivity (Wildman–Crippen MR) is 70.8 cm³/mol. The maximum atomic E-state index is 9.69. The van der Waals surface area contributed by atoms with Crippen LogP contribution in [0.5, 0.6) is 0 Å². The van der Waals surface area contributed by atoms with Gasteiger partial charge in [0, 0.05) is 27.1 Å². The van der Waals surface area contributed by atoms with E-state index in [1.165, 1.54) is 4.88 Å². The highest BCUT2D eigenvalue weighted by atomic mass is 79.9. The number of aliphatic hydroxyl groups excluding tert-OH is 1. The Morgan fingerprint density at radius 3 is 3.00 bits per heavy atom. The van der Waals surface area contributed by atoms with Crippen LogP contribution in [0.2, 0.25) is 0 Å². The van der Waals surface area contributed by atoms with Crippen LogP contribution < -0.4 is 0 Å². The summed E-state index contributed by atoms with van der Waals surface area (Å²) in [5, 5.41) is 11.8. The van der Waals surface area contributed by atoms with E-state index >= 15 is 0 Å². The molecule has 1 unspecified atom stereocenters. The first-order valence-corrected chi connectivity index (χ1v) is 6.93. The Kier molecular flexibility index (Phi) is 3.84. The molecule has 2 aromatic heterocycles. The second-order valence-corrected chi connectivity index (χ2v) is 5.68. The van der Waals surface area contributed by atoms with Crippen LogP contribution in [0.15, 0.2) is 34.4 Å². The van der Waals surface area contributed by atoms with E-state index in [0.717, 1.165) is 23.0 Å². The Labute approximate surface area is 108 Å². The molecule has 0 bridgehead atoms. The molecular formula is C12H14BrNOS. The standard InChI is InChI=1S/C12H14BrNOS/c1-2-12(15)9-3-4-14(6-9)7-11-5-10(13)8-16-11/h3-6,8,12,15H,2,7H2,1H3. The van der Waals surface area contributed by atoms with Crippen LogP contribution in [0.25, 0.3) is 0 Å². The van der Waals surface area contributed by atoms with Crippen LogP contribution in [-0.2, 0) is 6.54 Å². The molecule has 0 saturated heterocycles. The van der Waals surface area contributed by atoms with Crippen molar-refractivity contribution in [2.45, 2.75) is 26.0 Å².